The molecule has 1 heterocycles. The quantitative estimate of drug-likeness (QED) is 0.888. The Morgan fingerprint density at radius 3 is 2.86 bits per heavy atom. The first-order chi connectivity index (χ1) is 10.2. The summed E-state index contributed by atoms with van der Waals surface area (Å²) >= 11 is 0. The van der Waals surface area contributed by atoms with Crippen molar-refractivity contribution in [3.05, 3.63) is 29.3 Å². The molecule has 1 aliphatic heterocycles. The predicted octanol–water partition coefficient (Wildman–Crippen LogP) is 3.74. The van der Waals surface area contributed by atoms with Crippen molar-refractivity contribution >= 4 is 11.6 Å². The van der Waals surface area contributed by atoms with Crippen molar-refractivity contribution in [3.63, 3.8) is 0 Å². The third-order valence-electron chi connectivity index (χ3n) is 5.02. The molecule has 0 spiro atoms. The van der Waals surface area contributed by atoms with Crippen LogP contribution in [0.15, 0.2) is 18.2 Å². The summed E-state index contributed by atoms with van der Waals surface area (Å²) in [6.07, 6.45) is 8.73. The highest BCUT2D eigenvalue weighted by Gasteiger charge is 2.22. The zero-order chi connectivity index (χ0) is 14.7. The predicted molar refractivity (Wildman–Crippen MR) is 86.8 cm³/mol. The van der Waals surface area contributed by atoms with E-state index in [2.05, 4.69) is 29.7 Å². The molecule has 1 fully saturated rings. The molecule has 0 bridgehead atoms. The van der Waals surface area contributed by atoms with Gasteiger partial charge in [-0.25, -0.2) is 0 Å². The Balaban J connectivity index is 1.64. The zero-order valence-electron chi connectivity index (χ0n) is 13.0. The first kappa shape index (κ1) is 14.4. The molecule has 2 aliphatic rings. The van der Waals surface area contributed by atoms with Crippen molar-refractivity contribution in [2.45, 2.75) is 57.9 Å². The number of amides is 1. The van der Waals surface area contributed by atoms with Gasteiger partial charge in [0.05, 0.1) is 0 Å². The molecule has 1 aromatic rings. The minimum absolute atomic E-state index is 0.0847. The number of aryl methyl sites for hydroxylation is 1. The maximum Gasteiger partial charge on any atom is 0.251 e. The molecule has 2 N–H and O–H groups in total. The van der Waals surface area contributed by atoms with E-state index in [1.807, 2.05) is 6.07 Å². The fourth-order valence-corrected chi connectivity index (χ4v) is 3.66. The summed E-state index contributed by atoms with van der Waals surface area (Å²) in [5.74, 6) is 0.739. The molecule has 3 rings (SSSR count). The van der Waals surface area contributed by atoms with Gasteiger partial charge in [-0.1, -0.05) is 19.3 Å². The number of rotatable bonds is 3. The summed E-state index contributed by atoms with van der Waals surface area (Å²) in [7, 11) is 0. The summed E-state index contributed by atoms with van der Waals surface area (Å²) in [5, 5.41) is 6.60. The Morgan fingerprint density at radius 2 is 2.05 bits per heavy atom. The zero-order valence-corrected chi connectivity index (χ0v) is 13.0. The summed E-state index contributed by atoms with van der Waals surface area (Å²) < 4.78 is 0. The topological polar surface area (TPSA) is 41.1 Å². The second-order valence-corrected chi connectivity index (χ2v) is 6.56. The van der Waals surface area contributed by atoms with Gasteiger partial charge in [0.25, 0.3) is 5.91 Å². The molecule has 114 valence electrons. The molecule has 0 saturated heterocycles. The van der Waals surface area contributed by atoms with E-state index >= 15 is 0 Å². The van der Waals surface area contributed by atoms with Gasteiger partial charge >= 0.3 is 0 Å². The van der Waals surface area contributed by atoms with E-state index in [1.54, 1.807) is 0 Å². The van der Waals surface area contributed by atoms with Crippen LogP contribution >= 0.6 is 0 Å². The van der Waals surface area contributed by atoms with Crippen LogP contribution in [0.4, 0.5) is 5.69 Å². The van der Waals surface area contributed by atoms with Crippen molar-refractivity contribution < 1.29 is 4.79 Å². The molecule has 3 heteroatoms. The van der Waals surface area contributed by atoms with Crippen LogP contribution in [-0.2, 0) is 6.42 Å². The SMILES string of the molecule is C[C@H](NC(=O)c1ccc2c(c1)CCCN2)C1CCCCC1. The first-order valence-corrected chi connectivity index (χ1v) is 8.42. The van der Waals surface area contributed by atoms with Crippen molar-refractivity contribution in [2.75, 3.05) is 11.9 Å². The average Bonchev–Trinajstić information content (AvgIpc) is 2.55. The lowest BCUT2D eigenvalue weighted by Crippen LogP contribution is -2.38. The smallest absolute Gasteiger partial charge is 0.251 e. The number of nitrogens with one attached hydrogen (secondary N) is 2. The molecule has 0 unspecified atom stereocenters. The molecule has 3 nitrogen and oxygen atoms in total. The van der Waals surface area contributed by atoms with Gasteiger partial charge in [0.1, 0.15) is 0 Å². The summed E-state index contributed by atoms with van der Waals surface area (Å²) in [4.78, 5) is 12.5. The van der Waals surface area contributed by atoms with Crippen LogP contribution < -0.4 is 10.6 Å². The Kier molecular flexibility index (Phi) is 4.47. The fourth-order valence-electron chi connectivity index (χ4n) is 3.66. The van der Waals surface area contributed by atoms with Gasteiger partial charge in [0.2, 0.25) is 0 Å². The minimum Gasteiger partial charge on any atom is -0.385 e. The van der Waals surface area contributed by atoms with Gasteiger partial charge < -0.3 is 10.6 Å². The highest BCUT2D eigenvalue weighted by Crippen LogP contribution is 2.27. The molecule has 1 saturated carbocycles. The van der Waals surface area contributed by atoms with E-state index in [1.165, 1.54) is 43.4 Å². The van der Waals surface area contributed by atoms with Crippen molar-refractivity contribution in [3.8, 4) is 0 Å². The Hall–Kier alpha value is -1.51. The molecule has 1 aromatic carbocycles. The lowest BCUT2D eigenvalue weighted by atomic mass is 9.84. The van der Waals surface area contributed by atoms with Crippen LogP contribution in [0, 0.1) is 5.92 Å². The lowest BCUT2D eigenvalue weighted by Gasteiger charge is -2.28. The van der Waals surface area contributed by atoms with E-state index in [-0.39, 0.29) is 11.9 Å². The van der Waals surface area contributed by atoms with Gasteiger partial charge in [-0.05, 0) is 62.3 Å². The maximum absolute atomic E-state index is 12.5. The van der Waals surface area contributed by atoms with Crippen LogP contribution in [-0.4, -0.2) is 18.5 Å². The summed E-state index contributed by atoms with van der Waals surface area (Å²) in [6.45, 7) is 3.20. The van der Waals surface area contributed by atoms with Gasteiger partial charge in [-0.3, -0.25) is 4.79 Å². The summed E-state index contributed by atoms with van der Waals surface area (Å²) in [5.41, 5.74) is 3.28. The molecule has 21 heavy (non-hydrogen) atoms. The molecule has 0 aromatic heterocycles. The number of benzene rings is 1. The van der Waals surface area contributed by atoms with Crippen LogP contribution in [0.5, 0.6) is 0 Å². The lowest BCUT2D eigenvalue weighted by molar-refractivity contribution is 0.0919. The largest absolute Gasteiger partial charge is 0.385 e. The normalized spacial score (nSPS) is 20.2. The van der Waals surface area contributed by atoms with Gasteiger partial charge in [-0.2, -0.15) is 0 Å². The van der Waals surface area contributed by atoms with E-state index in [0.717, 1.165) is 24.9 Å². The van der Waals surface area contributed by atoms with Crippen molar-refractivity contribution in [1.29, 1.82) is 0 Å². The molecule has 1 aliphatic carbocycles. The fraction of sp³-hybridized carbons (Fsp3) is 0.611. The Labute approximate surface area is 127 Å². The van der Waals surface area contributed by atoms with Gasteiger partial charge in [-0.15, -0.1) is 0 Å². The monoisotopic (exact) mass is 286 g/mol. The average molecular weight is 286 g/mol. The second-order valence-electron chi connectivity index (χ2n) is 6.56. The number of hydrogen-bond acceptors (Lipinski definition) is 2. The van der Waals surface area contributed by atoms with Crippen LogP contribution in [0.1, 0.15) is 61.4 Å². The van der Waals surface area contributed by atoms with Gasteiger partial charge in [0.15, 0.2) is 0 Å². The standard InChI is InChI=1S/C18H26N2O/c1-13(14-6-3-2-4-7-14)20-18(21)16-9-10-17-15(12-16)8-5-11-19-17/h9-10,12-14,19H,2-8,11H2,1H3,(H,20,21)/t13-/m0/s1. The minimum atomic E-state index is 0.0847. The third-order valence-corrected chi connectivity index (χ3v) is 5.02. The van der Waals surface area contributed by atoms with Crippen molar-refractivity contribution in [1.82, 2.24) is 5.32 Å². The molecular formula is C18H26N2O. The number of fused-ring (bicyclic) bond motifs is 1. The maximum atomic E-state index is 12.5. The van der Waals surface area contributed by atoms with Crippen molar-refractivity contribution in [2.24, 2.45) is 5.92 Å². The van der Waals surface area contributed by atoms with E-state index < -0.39 is 0 Å². The molecular weight excluding hydrogens is 260 g/mol. The van der Waals surface area contributed by atoms with Gasteiger partial charge in [0, 0.05) is 23.8 Å². The third kappa shape index (κ3) is 3.39. The number of hydrogen-bond donors (Lipinski definition) is 2. The Bertz CT molecular complexity index is 506. The molecule has 0 radical (unpaired) electrons. The first-order valence-electron chi connectivity index (χ1n) is 8.42. The number of carbonyl (C=O) groups is 1. The molecule has 1 atom stereocenters. The highest BCUT2D eigenvalue weighted by molar-refractivity contribution is 5.95. The number of carbonyl (C=O) groups excluding carboxylic acids is 1. The van der Waals surface area contributed by atoms with E-state index in [4.69, 9.17) is 0 Å². The summed E-state index contributed by atoms with van der Waals surface area (Å²) in [6, 6.07) is 6.34. The second kappa shape index (κ2) is 6.50. The van der Waals surface area contributed by atoms with E-state index in [0.29, 0.717) is 5.92 Å². The molecule has 1 amide bonds. The van der Waals surface area contributed by atoms with Crippen LogP contribution in [0.3, 0.4) is 0 Å². The number of anilines is 1. The highest BCUT2D eigenvalue weighted by atomic mass is 16.1. The van der Waals surface area contributed by atoms with Crippen LogP contribution in [0.25, 0.3) is 0 Å². The Morgan fingerprint density at radius 1 is 1.24 bits per heavy atom. The van der Waals surface area contributed by atoms with Crippen LogP contribution in [0.2, 0.25) is 0 Å². The van der Waals surface area contributed by atoms with E-state index in [9.17, 15) is 4.79 Å².